The third-order valence-electron chi connectivity index (χ3n) is 3.62. The number of nitrogens with zero attached hydrogens (tertiary/aromatic N) is 3. The largest absolute Gasteiger partial charge is 0.382 e. The van der Waals surface area contributed by atoms with Gasteiger partial charge in [0.1, 0.15) is 17.3 Å². The third kappa shape index (κ3) is 2.32. The summed E-state index contributed by atoms with van der Waals surface area (Å²) in [6.45, 7) is 3.97. The first-order valence-electron chi connectivity index (χ1n) is 6.71. The molecule has 4 nitrogen and oxygen atoms in total. The molecule has 1 aromatic heterocycles. The van der Waals surface area contributed by atoms with E-state index in [0.717, 1.165) is 35.0 Å². The van der Waals surface area contributed by atoms with Crippen molar-refractivity contribution in [2.75, 3.05) is 5.73 Å². The average molecular weight is 300 g/mol. The van der Waals surface area contributed by atoms with Crippen LogP contribution in [0.5, 0.6) is 0 Å². The summed E-state index contributed by atoms with van der Waals surface area (Å²) in [4.78, 5) is 0. The molecule has 0 unspecified atom stereocenters. The molecule has 0 aliphatic rings. The Morgan fingerprint density at radius 3 is 2.50 bits per heavy atom. The molecule has 2 N–H and O–H groups in total. The summed E-state index contributed by atoms with van der Waals surface area (Å²) < 4.78 is 28.6. The highest BCUT2D eigenvalue weighted by atomic mass is 19.1. The fourth-order valence-electron chi connectivity index (χ4n) is 2.21. The molecule has 0 bridgehead atoms. The molecule has 6 heteroatoms. The highest BCUT2D eigenvalue weighted by Gasteiger charge is 2.17. The average Bonchev–Trinajstić information content (AvgIpc) is 2.86. The summed E-state index contributed by atoms with van der Waals surface area (Å²) >= 11 is 0. The number of nitrogen functional groups attached to an aromatic ring is 1. The van der Waals surface area contributed by atoms with Gasteiger partial charge in [0.15, 0.2) is 5.82 Å². The summed E-state index contributed by atoms with van der Waals surface area (Å²) in [7, 11) is 0. The fourth-order valence-corrected chi connectivity index (χ4v) is 2.21. The molecule has 0 aliphatic carbocycles. The van der Waals surface area contributed by atoms with Gasteiger partial charge in [0, 0.05) is 5.56 Å². The molecule has 2 aromatic carbocycles. The lowest BCUT2D eigenvalue weighted by Crippen LogP contribution is -2.03. The Hall–Kier alpha value is -2.76. The molecule has 22 heavy (non-hydrogen) atoms. The third-order valence-corrected chi connectivity index (χ3v) is 3.62. The van der Waals surface area contributed by atoms with Crippen LogP contribution in [0.3, 0.4) is 0 Å². The number of aryl methyl sites for hydroxylation is 2. The van der Waals surface area contributed by atoms with Gasteiger partial charge < -0.3 is 5.73 Å². The van der Waals surface area contributed by atoms with Crippen LogP contribution >= 0.6 is 0 Å². The van der Waals surface area contributed by atoms with Gasteiger partial charge in [0.25, 0.3) is 0 Å². The highest BCUT2D eigenvalue weighted by molar-refractivity contribution is 5.71. The predicted molar refractivity (Wildman–Crippen MR) is 80.6 cm³/mol. The Balaban J connectivity index is 2.12. The van der Waals surface area contributed by atoms with Gasteiger partial charge >= 0.3 is 0 Å². The van der Waals surface area contributed by atoms with E-state index >= 15 is 0 Å². The summed E-state index contributed by atoms with van der Waals surface area (Å²) in [5.74, 6) is -0.996. The minimum Gasteiger partial charge on any atom is -0.382 e. The van der Waals surface area contributed by atoms with Crippen LogP contribution in [0.15, 0.2) is 36.4 Å². The summed E-state index contributed by atoms with van der Waals surface area (Å²) in [6, 6.07) is 8.84. The van der Waals surface area contributed by atoms with Crippen LogP contribution < -0.4 is 5.73 Å². The second-order valence-corrected chi connectivity index (χ2v) is 5.13. The first-order chi connectivity index (χ1) is 10.5. The van der Waals surface area contributed by atoms with E-state index in [-0.39, 0.29) is 17.1 Å². The lowest BCUT2D eigenvalue weighted by Gasteiger charge is -2.07. The van der Waals surface area contributed by atoms with Gasteiger partial charge in [0.2, 0.25) is 0 Å². The van der Waals surface area contributed by atoms with Gasteiger partial charge in [-0.25, -0.2) is 8.78 Å². The van der Waals surface area contributed by atoms with Gasteiger partial charge in [-0.05, 0) is 55.3 Å². The van der Waals surface area contributed by atoms with Crippen molar-refractivity contribution in [1.82, 2.24) is 15.0 Å². The number of nitrogens with two attached hydrogens (primary N) is 1. The van der Waals surface area contributed by atoms with Crippen molar-refractivity contribution in [3.05, 3.63) is 59.2 Å². The molecule has 3 aromatic rings. The Bertz CT molecular complexity index is 855. The van der Waals surface area contributed by atoms with Gasteiger partial charge in [-0.3, -0.25) is 0 Å². The second kappa shape index (κ2) is 5.22. The zero-order valence-electron chi connectivity index (χ0n) is 12.1. The number of aromatic nitrogens is 3. The lowest BCUT2D eigenvalue weighted by molar-refractivity contribution is 0.602. The molecule has 0 atom stereocenters. The van der Waals surface area contributed by atoms with E-state index in [9.17, 15) is 8.78 Å². The van der Waals surface area contributed by atoms with Crippen LogP contribution in [0.25, 0.3) is 16.9 Å². The van der Waals surface area contributed by atoms with Gasteiger partial charge in [-0.1, -0.05) is 11.3 Å². The Morgan fingerprint density at radius 2 is 1.77 bits per heavy atom. The van der Waals surface area contributed by atoms with E-state index in [0.29, 0.717) is 0 Å². The number of halogens is 2. The Kier molecular flexibility index (Phi) is 3.36. The Morgan fingerprint density at radius 1 is 1.00 bits per heavy atom. The van der Waals surface area contributed by atoms with Gasteiger partial charge in [-0.2, -0.15) is 4.68 Å². The van der Waals surface area contributed by atoms with Crippen LogP contribution in [-0.2, 0) is 0 Å². The minimum absolute atomic E-state index is 0.00687. The topological polar surface area (TPSA) is 56.7 Å². The quantitative estimate of drug-likeness (QED) is 0.789. The Labute approximate surface area is 126 Å². The molecule has 112 valence electrons. The van der Waals surface area contributed by atoms with Crippen LogP contribution in [0.4, 0.5) is 14.6 Å². The molecular formula is C16H14F2N4. The first kappa shape index (κ1) is 14.2. The van der Waals surface area contributed by atoms with Gasteiger partial charge in [-0.15, -0.1) is 5.10 Å². The molecule has 0 amide bonds. The van der Waals surface area contributed by atoms with Crippen LogP contribution in [-0.4, -0.2) is 15.0 Å². The van der Waals surface area contributed by atoms with E-state index in [2.05, 4.69) is 10.3 Å². The molecule has 0 aliphatic heterocycles. The van der Waals surface area contributed by atoms with Crippen molar-refractivity contribution >= 4 is 5.82 Å². The smallest absolute Gasteiger partial charge is 0.156 e. The standard InChI is InChI=1S/C16H14F2N4/c1-9-3-5-12(7-10(9)2)22-16(19)15(20-21-22)13-8-11(17)4-6-14(13)18/h3-8H,19H2,1-2H3. The van der Waals surface area contributed by atoms with E-state index in [1.54, 1.807) is 0 Å². The molecule has 0 radical (unpaired) electrons. The number of benzene rings is 2. The number of hydrogen-bond donors (Lipinski definition) is 1. The number of hydrogen-bond acceptors (Lipinski definition) is 3. The van der Waals surface area contributed by atoms with E-state index in [4.69, 9.17) is 5.73 Å². The molecule has 0 saturated heterocycles. The number of anilines is 1. The van der Waals surface area contributed by atoms with Gasteiger partial charge in [0.05, 0.1) is 5.69 Å². The van der Waals surface area contributed by atoms with Crippen molar-refractivity contribution in [2.45, 2.75) is 13.8 Å². The normalized spacial score (nSPS) is 10.9. The summed E-state index contributed by atoms with van der Waals surface area (Å²) in [6.07, 6.45) is 0. The minimum atomic E-state index is -0.597. The van der Waals surface area contributed by atoms with Crippen molar-refractivity contribution < 1.29 is 8.78 Å². The molecule has 0 fully saturated rings. The monoisotopic (exact) mass is 300 g/mol. The fraction of sp³-hybridized carbons (Fsp3) is 0.125. The van der Waals surface area contributed by atoms with Crippen molar-refractivity contribution in [3.63, 3.8) is 0 Å². The zero-order valence-corrected chi connectivity index (χ0v) is 12.1. The molecule has 0 saturated carbocycles. The molecule has 0 spiro atoms. The molecular weight excluding hydrogens is 286 g/mol. The lowest BCUT2D eigenvalue weighted by atomic mass is 10.1. The van der Waals surface area contributed by atoms with Crippen LogP contribution in [0.2, 0.25) is 0 Å². The summed E-state index contributed by atoms with van der Waals surface area (Å²) in [5, 5.41) is 7.85. The second-order valence-electron chi connectivity index (χ2n) is 5.13. The van der Waals surface area contributed by atoms with Crippen LogP contribution in [0.1, 0.15) is 11.1 Å². The summed E-state index contributed by atoms with van der Waals surface area (Å²) in [5.41, 5.74) is 9.07. The number of rotatable bonds is 2. The molecule has 3 rings (SSSR count). The first-order valence-corrected chi connectivity index (χ1v) is 6.71. The molecule has 1 heterocycles. The van der Waals surface area contributed by atoms with Crippen molar-refractivity contribution in [3.8, 4) is 16.9 Å². The van der Waals surface area contributed by atoms with Crippen molar-refractivity contribution in [2.24, 2.45) is 0 Å². The van der Waals surface area contributed by atoms with E-state index in [1.807, 2.05) is 32.0 Å². The van der Waals surface area contributed by atoms with E-state index in [1.165, 1.54) is 4.68 Å². The predicted octanol–water partition coefficient (Wildman–Crippen LogP) is 3.41. The zero-order chi connectivity index (χ0) is 15.9. The SMILES string of the molecule is Cc1ccc(-n2nnc(-c3cc(F)ccc3F)c2N)cc1C. The maximum Gasteiger partial charge on any atom is 0.156 e. The van der Waals surface area contributed by atoms with Crippen LogP contribution in [0, 0.1) is 25.5 Å². The maximum atomic E-state index is 13.9. The van der Waals surface area contributed by atoms with Crippen molar-refractivity contribution in [1.29, 1.82) is 0 Å². The maximum absolute atomic E-state index is 13.9. The van der Waals surface area contributed by atoms with E-state index < -0.39 is 11.6 Å². The highest BCUT2D eigenvalue weighted by Crippen LogP contribution is 2.28.